The van der Waals surface area contributed by atoms with E-state index in [-0.39, 0.29) is 24.8 Å². The van der Waals surface area contributed by atoms with Gasteiger partial charge in [0.25, 0.3) is 0 Å². The van der Waals surface area contributed by atoms with Crippen LogP contribution in [0.1, 0.15) is 45.6 Å². The third-order valence-electron chi connectivity index (χ3n) is 5.77. The predicted molar refractivity (Wildman–Crippen MR) is 143 cm³/mol. The Morgan fingerprint density at radius 2 is 1.67 bits per heavy atom. The van der Waals surface area contributed by atoms with Gasteiger partial charge in [0.1, 0.15) is 11.8 Å². The fourth-order valence-electron chi connectivity index (χ4n) is 3.94. The highest BCUT2D eigenvalue weighted by atomic mass is 32.2. The number of para-hydroxylation sites is 2. The van der Waals surface area contributed by atoms with Gasteiger partial charge in [0.05, 0.1) is 19.1 Å². The van der Waals surface area contributed by atoms with Crippen LogP contribution in [0.25, 0.3) is 0 Å². The van der Waals surface area contributed by atoms with Crippen LogP contribution in [0, 0.1) is 5.92 Å². The fraction of sp³-hybridized carbons (Fsp3) is 0.481. The first-order chi connectivity index (χ1) is 17.1. The van der Waals surface area contributed by atoms with Gasteiger partial charge in [-0.2, -0.15) is 0 Å². The largest absolute Gasteiger partial charge is 0.495 e. The summed E-state index contributed by atoms with van der Waals surface area (Å²) < 4.78 is 31.7. The molecule has 8 nitrogen and oxygen atoms in total. The minimum atomic E-state index is -3.60. The Kier molecular flexibility index (Phi) is 11.2. The van der Waals surface area contributed by atoms with E-state index in [4.69, 9.17) is 4.74 Å². The summed E-state index contributed by atoms with van der Waals surface area (Å²) in [5.41, 5.74) is 1.35. The number of carbonyl (C=O) groups excluding carboxylic acids is 2. The molecule has 0 radical (unpaired) electrons. The van der Waals surface area contributed by atoms with E-state index in [0.717, 1.165) is 11.8 Å². The molecule has 0 saturated carbocycles. The summed E-state index contributed by atoms with van der Waals surface area (Å²) in [5.74, 6) is 0.357. The van der Waals surface area contributed by atoms with Gasteiger partial charge in [-0.3, -0.25) is 13.9 Å². The van der Waals surface area contributed by atoms with Crippen molar-refractivity contribution in [2.24, 2.45) is 5.92 Å². The summed E-state index contributed by atoms with van der Waals surface area (Å²) in [6, 6.07) is 15.8. The quantitative estimate of drug-likeness (QED) is 0.411. The number of carbonyl (C=O) groups is 2. The minimum absolute atomic E-state index is 0.0992. The Morgan fingerprint density at radius 3 is 2.25 bits per heavy atom. The minimum Gasteiger partial charge on any atom is -0.495 e. The van der Waals surface area contributed by atoms with Crippen molar-refractivity contribution in [2.75, 3.05) is 30.8 Å². The first-order valence-electron chi connectivity index (χ1n) is 12.3. The van der Waals surface area contributed by atoms with E-state index in [1.807, 2.05) is 51.1 Å². The number of benzene rings is 2. The van der Waals surface area contributed by atoms with Crippen LogP contribution in [-0.2, 0) is 26.2 Å². The summed E-state index contributed by atoms with van der Waals surface area (Å²) in [6.07, 6.45) is 2.00. The maximum Gasteiger partial charge on any atom is 0.242 e. The van der Waals surface area contributed by atoms with Crippen LogP contribution in [0.2, 0.25) is 0 Å². The summed E-state index contributed by atoms with van der Waals surface area (Å²) in [4.78, 5) is 28.0. The number of hydrogen-bond donors (Lipinski definition) is 1. The highest BCUT2D eigenvalue weighted by molar-refractivity contribution is 7.92. The molecule has 1 atom stereocenters. The molecule has 36 heavy (non-hydrogen) atoms. The molecule has 0 spiro atoms. The SMILES string of the molecule is CC[C@H](C(=O)NCC(C)C)N(Cc1ccccc1)C(=O)CCCN(c1ccccc1OC)S(C)(=O)=O. The van der Waals surface area contributed by atoms with Crippen LogP contribution in [0.4, 0.5) is 5.69 Å². The van der Waals surface area contributed by atoms with Gasteiger partial charge in [-0.15, -0.1) is 0 Å². The highest BCUT2D eigenvalue weighted by Crippen LogP contribution is 2.29. The monoisotopic (exact) mass is 517 g/mol. The molecule has 0 aliphatic rings. The van der Waals surface area contributed by atoms with E-state index in [2.05, 4.69) is 5.32 Å². The molecule has 1 N–H and O–H groups in total. The van der Waals surface area contributed by atoms with Crippen molar-refractivity contribution in [2.45, 2.75) is 52.6 Å². The van der Waals surface area contributed by atoms with E-state index in [0.29, 0.717) is 43.3 Å². The first-order valence-corrected chi connectivity index (χ1v) is 14.1. The lowest BCUT2D eigenvalue weighted by Crippen LogP contribution is -2.49. The van der Waals surface area contributed by atoms with Crippen molar-refractivity contribution >= 4 is 27.5 Å². The van der Waals surface area contributed by atoms with Crippen LogP contribution in [-0.4, -0.2) is 57.6 Å². The molecule has 9 heteroatoms. The number of methoxy groups -OCH3 is 1. The lowest BCUT2D eigenvalue weighted by atomic mass is 10.1. The maximum absolute atomic E-state index is 13.4. The van der Waals surface area contributed by atoms with Crippen molar-refractivity contribution in [1.29, 1.82) is 0 Å². The van der Waals surface area contributed by atoms with Crippen molar-refractivity contribution in [3.63, 3.8) is 0 Å². The van der Waals surface area contributed by atoms with Gasteiger partial charge < -0.3 is 15.0 Å². The molecule has 0 aliphatic heterocycles. The van der Waals surface area contributed by atoms with E-state index in [1.165, 1.54) is 11.4 Å². The van der Waals surface area contributed by atoms with Crippen molar-refractivity contribution in [1.82, 2.24) is 10.2 Å². The van der Waals surface area contributed by atoms with E-state index < -0.39 is 16.1 Å². The number of sulfonamides is 1. The first kappa shape index (κ1) is 29.2. The number of hydrogen-bond acceptors (Lipinski definition) is 5. The predicted octanol–water partition coefficient (Wildman–Crippen LogP) is 3.82. The second-order valence-corrected chi connectivity index (χ2v) is 11.1. The molecule has 0 aliphatic carbocycles. The summed E-state index contributed by atoms with van der Waals surface area (Å²) in [6.45, 7) is 6.87. The Labute approximate surface area is 215 Å². The second kappa shape index (κ2) is 13.9. The van der Waals surface area contributed by atoms with Crippen LogP contribution < -0.4 is 14.4 Å². The van der Waals surface area contributed by atoms with Crippen molar-refractivity contribution in [3.8, 4) is 5.75 Å². The van der Waals surface area contributed by atoms with Crippen LogP contribution >= 0.6 is 0 Å². The molecule has 2 rings (SSSR count). The molecule has 2 amide bonds. The third kappa shape index (κ3) is 8.55. The zero-order valence-corrected chi connectivity index (χ0v) is 22.8. The van der Waals surface area contributed by atoms with Gasteiger partial charge in [0, 0.05) is 26.1 Å². The average Bonchev–Trinajstić information content (AvgIpc) is 2.85. The van der Waals surface area contributed by atoms with Crippen LogP contribution in [0.15, 0.2) is 54.6 Å². The second-order valence-electron chi connectivity index (χ2n) is 9.18. The normalized spacial score (nSPS) is 12.2. The van der Waals surface area contributed by atoms with Gasteiger partial charge in [-0.05, 0) is 36.5 Å². The lowest BCUT2D eigenvalue weighted by Gasteiger charge is -2.31. The number of nitrogens with one attached hydrogen (secondary N) is 1. The summed E-state index contributed by atoms with van der Waals surface area (Å²) in [5, 5.41) is 2.95. The highest BCUT2D eigenvalue weighted by Gasteiger charge is 2.29. The van der Waals surface area contributed by atoms with Gasteiger partial charge in [-0.1, -0.05) is 63.2 Å². The molecule has 0 fully saturated rings. The summed E-state index contributed by atoms with van der Waals surface area (Å²) >= 11 is 0. The smallest absolute Gasteiger partial charge is 0.242 e. The molecule has 198 valence electrons. The molecule has 0 saturated heterocycles. The molecule has 0 aromatic heterocycles. The Hall–Kier alpha value is -3.07. The topological polar surface area (TPSA) is 96.0 Å². The van der Waals surface area contributed by atoms with Crippen molar-refractivity contribution in [3.05, 3.63) is 60.2 Å². The standard InChI is InChI=1S/C27H39N3O5S/c1-6-23(27(32)28-19-21(2)3)29(20-22-13-8-7-9-14-22)26(31)17-12-18-30(36(5,33)34)24-15-10-11-16-25(24)35-4/h7-11,13-16,21,23H,6,12,17-20H2,1-5H3,(H,28,32)/t23-/m1/s1. The summed E-state index contributed by atoms with van der Waals surface area (Å²) in [7, 11) is -2.12. The average molecular weight is 518 g/mol. The van der Waals surface area contributed by atoms with E-state index in [9.17, 15) is 18.0 Å². The fourth-order valence-corrected chi connectivity index (χ4v) is 4.91. The molecule has 2 aromatic carbocycles. The molecule has 0 heterocycles. The van der Waals surface area contributed by atoms with Crippen molar-refractivity contribution < 1.29 is 22.7 Å². The van der Waals surface area contributed by atoms with Gasteiger partial charge in [0.15, 0.2) is 0 Å². The number of rotatable bonds is 14. The molecular weight excluding hydrogens is 478 g/mol. The van der Waals surface area contributed by atoms with Gasteiger partial charge >= 0.3 is 0 Å². The van der Waals surface area contributed by atoms with Gasteiger partial charge in [0.2, 0.25) is 21.8 Å². The lowest BCUT2D eigenvalue weighted by molar-refractivity contribution is -0.141. The maximum atomic E-state index is 13.4. The molecule has 0 bridgehead atoms. The molecule has 2 aromatic rings. The Morgan fingerprint density at radius 1 is 1.03 bits per heavy atom. The van der Waals surface area contributed by atoms with E-state index in [1.54, 1.807) is 29.2 Å². The zero-order chi connectivity index (χ0) is 26.7. The Bertz CT molecular complexity index is 1090. The number of amides is 2. The number of anilines is 1. The Balaban J connectivity index is 2.21. The van der Waals surface area contributed by atoms with Gasteiger partial charge in [-0.25, -0.2) is 8.42 Å². The number of ether oxygens (including phenoxy) is 1. The van der Waals surface area contributed by atoms with E-state index >= 15 is 0 Å². The molecule has 0 unspecified atom stereocenters. The zero-order valence-electron chi connectivity index (χ0n) is 21.9. The third-order valence-corrected chi connectivity index (χ3v) is 6.95. The van der Waals surface area contributed by atoms with Crippen LogP contribution in [0.3, 0.4) is 0 Å². The molecular formula is C27H39N3O5S. The number of nitrogens with zero attached hydrogens (tertiary/aromatic N) is 2. The van der Waals surface area contributed by atoms with Crippen LogP contribution in [0.5, 0.6) is 5.75 Å².